The van der Waals surface area contributed by atoms with E-state index in [2.05, 4.69) is 31.9 Å². The van der Waals surface area contributed by atoms with Gasteiger partial charge in [0.25, 0.3) is 0 Å². The van der Waals surface area contributed by atoms with Gasteiger partial charge in [0.1, 0.15) is 0 Å². The van der Waals surface area contributed by atoms with E-state index in [1.807, 2.05) is 18.2 Å². The van der Waals surface area contributed by atoms with Crippen LogP contribution < -0.4 is 0 Å². The third-order valence-electron chi connectivity index (χ3n) is 4.81. The predicted molar refractivity (Wildman–Crippen MR) is 89.5 cm³/mol. The molecule has 2 nitrogen and oxygen atoms in total. The zero-order valence-corrected chi connectivity index (χ0v) is 14.2. The molecule has 0 bridgehead atoms. The molecule has 1 N–H and O–H groups in total. The largest absolute Gasteiger partial charge is 0.393 e. The molecular formula is C18H28ClNO. The van der Waals surface area contributed by atoms with Crippen molar-refractivity contribution in [3.8, 4) is 0 Å². The van der Waals surface area contributed by atoms with Crippen molar-refractivity contribution in [2.45, 2.75) is 45.8 Å². The molecule has 3 heteroatoms. The normalized spacial score (nSPS) is 26.5. The highest BCUT2D eigenvalue weighted by Gasteiger charge is 2.31. The fourth-order valence-electron chi connectivity index (χ4n) is 3.50. The standard InChI is InChI=1S/C18H28ClNO/c1-13(2)15-7-8-18(21)16(10-15)12-20(3)11-14-5-4-6-17(19)9-14/h4-6,9,13,15-16,18,21H,7-8,10-12H2,1-3H3. The zero-order chi connectivity index (χ0) is 15.4. The van der Waals surface area contributed by atoms with Crippen LogP contribution in [0.3, 0.4) is 0 Å². The molecule has 3 atom stereocenters. The van der Waals surface area contributed by atoms with Gasteiger partial charge in [-0.3, -0.25) is 0 Å². The van der Waals surface area contributed by atoms with Crippen LogP contribution in [0.5, 0.6) is 0 Å². The quantitative estimate of drug-likeness (QED) is 0.881. The lowest BCUT2D eigenvalue weighted by Gasteiger charge is -2.37. The first kappa shape index (κ1) is 16.8. The summed E-state index contributed by atoms with van der Waals surface area (Å²) < 4.78 is 0. The average molecular weight is 310 g/mol. The summed E-state index contributed by atoms with van der Waals surface area (Å²) in [6.07, 6.45) is 3.15. The second-order valence-corrected chi connectivity index (χ2v) is 7.41. The lowest BCUT2D eigenvalue weighted by atomic mass is 9.74. The van der Waals surface area contributed by atoms with E-state index in [1.54, 1.807) is 0 Å². The van der Waals surface area contributed by atoms with E-state index in [0.29, 0.717) is 5.92 Å². The SMILES string of the molecule is CC(C)C1CCC(O)C(CN(C)Cc2cccc(Cl)c2)C1. The van der Waals surface area contributed by atoms with Gasteiger partial charge in [-0.2, -0.15) is 0 Å². The Bertz CT molecular complexity index is 449. The van der Waals surface area contributed by atoms with Crippen LogP contribution in [-0.2, 0) is 6.54 Å². The Morgan fingerprint density at radius 3 is 2.76 bits per heavy atom. The summed E-state index contributed by atoms with van der Waals surface area (Å²) in [6.45, 7) is 6.44. The maximum atomic E-state index is 10.3. The van der Waals surface area contributed by atoms with Crippen LogP contribution in [0.25, 0.3) is 0 Å². The molecule has 0 saturated heterocycles. The molecular weight excluding hydrogens is 282 g/mol. The third kappa shape index (κ3) is 4.98. The number of aliphatic hydroxyl groups excluding tert-OH is 1. The van der Waals surface area contributed by atoms with Crippen molar-refractivity contribution < 1.29 is 5.11 Å². The first-order valence-corrected chi connectivity index (χ1v) is 8.44. The van der Waals surface area contributed by atoms with Gasteiger partial charge in [0.05, 0.1) is 6.10 Å². The molecule has 1 saturated carbocycles. The summed E-state index contributed by atoms with van der Waals surface area (Å²) >= 11 is 6.04. The molecule has 1 fully saturated rings. The first-order valence-electron chi connectivity index (χ1n) is 8.06. The Balaban J connectivity index is 1.90. The number of aliphatic hydroxyl groups is 1. The van der Waals surface area contributed by atoms with Gasteiger partial charge in [-0.25, -0.2) is 0 Å². The molecule has 118 valence electrons. The van der Waals surface area contributed by atoms with Crippen LogP contribution >= 0.6 is 11.6 Å². The van der Waals surface area contributed by atoms with E-state index in [9.17, 15) is 5.11 Å². The summed E-state index contributed by atoms with van der Waals surface area (Å²) in [7, 11) is 2.13. The molecule has 0 aromatic heterocycles. The molecule has 3 unspecified atom stereocenters. The fourth-order valence-corrected chi connectivity index (χ4v) is 3.71. The summed E-state index contributed by atoms with van der Waals surface area (Å²) in [5.41, 5.74) is 1.23. The molecule has 1 aromatic carbocycles. The first-order chi connectivity index (χ1) is 9.95. The van der Waals surface area contributed by atoms with E-state index in [-0.39, 0.29) is 6.10 Å². The van der Waals surface area contributed by atoms with E-state index in [0.717, 1.165) is 42.8 Å². The van der Waals surface area contributed by atoms with Gasteiger partial charge in [-0.1, -0.05) is 37.6 Å². The molecule has 1 aliphatic rings. The van der Waals surface area contributed by atoms with E-state index < -0.39 is 0 Å². The Morgan fingerprint density at radius 1 is 1.33 bits per heavy atom. The van der Waals surface area contributed by atoms with E-state index >= 15 is 0 Å². The fraction of sp³-hybridized carbons (Fsp3) is 0.667. The van der Waals surface area contributed by atoms with Gasteiger partial charge in [0, 0.05) is 18.1 Å². The molecule has 0 aliphatic heterocycles. The number of benzene rings is 1. The van der Waals surface area contributed by atoms with Crippen LogP contribution in [0, 0.1) is 17.8 Å². The van der Waals surface area contributed by atoms with Gasteiger partial charge >= 0.3 is 0 Å². The van der Waals surface area contributed by atoms with Crippen LogP contribution in [0.2, 0.25) is 5.02 Å². The highest BCUT2D eigenvalue weighted by Crippen LogP contribution is 2.34. The average Bonchev–Trinajstić information content (AvgIpc) is 2.41. The van der Waals surface area contributed by atoms with Crippen molar-refractivity contribution in [3.63, 3.8) is 0 Å². The molecule has 0 amide bonds. The summed E-state index contributed by atoms with van der Waals surface area (Å²) in [5, 5.41) is 11.1. The number of halogens is 1. The maximum Gasteiger partial charge on any atom is 0.0580 e. The highest BCUT2D eigenvalue weighted by molar-refractivity contribution is 6.30. The lowest BCUT2D eigenvalue weighted by molar-refractivity contribution is 0.0214. The van der Waals surface area contributed by atoms with Gasteiger partial charge in [0.2, 0.25) is 0 Å². The number of rotatable bonds is 5. The summed E-state index contributed by atoms with van der Waals surface area (Å²) in [6, 6.07) is 8.03. The Kier molecular flexibility index (Phi) is 6.09. The summed E-state index contributed by atoms with van der Waals surface area (Å²) in [4.78, 5) is 2.31. The van der Waals surface area contributed by atoms with Gasteiger partial charge < -0.3 is 10.0 Å². The number of hydrogen-bond donors (Lipinski definition) is 1. The Labute approximate surface area is 134 Å². The molecule has 2 rings (SSSR count). The number of hydrogen-bond acceptors (Lipinski definition) is 2. The Hall–Kier alpha value is -0.570. The molecule has 0 heterocycles. The van der Waals surface area contributed by atoms with Crippen LogP contribution in [0.1, 0.15) is 38.7 Å². The van der Waals surface area contributed by atoms with Crippen molar-refractivity contribution >= 4 is 11.6 Å². The van der Waals surface area contributed by atoms with Crippen molar-refractivity contribution in [2.75, 3.05) is 13.6 Å². The Morgan fingerprint density at radius 2 is 2.10 bits per heavy atom. The van der Waals surface area contributed by atoms with Crippen molar-refractivity contribution in [2.24, 2.45) is 17.8 Å². The van der Waals surface area contributed by atoms with E-state index in [1.165, 1.54) is 12.0 Å². The third-order valence-corrected chi connectivity index (χ3v) is 5.05. The van der Waals surface area contributed by atoms with Crippen molar-refractivity contribution in [1.82, 2.24) is 4.90 Å². The topological polar surface area (TPSA) is 23.5 Å². The zero-order valence-electron chi connectivity index (χ0n) is 13.4. The van der Waals surface area contributed by atoms with Crippen LogP contribution in [0.15, 0.2) is 24.3 Å². The van der Waals surface area contributed by atoms with Crippen LogP contribution in [0.4, 0.5) is 0 Å². The molecule has 21 heavy (non-hydrogen) atoms. The van der Waals surface area contributed by atoms with Crippen LogP contribution in [-0.4, -0.2) is 29.7 Å². The van der Waals surface area contributed by atoms with Gasteiger partial charge in [0.15, 0.2) is 0 Å². The highest BCUT2D eigenvalue weighted by atomic mass is 35.5. The molecule has 0 radical (unpaired) electrons. The maximum absolute atomic E-state index is 10.3. The second-order valence-electron chi connectivity index (χ2n) is 6.97. The van der Waals surface area contributed by atoms with Crippen molar-refractivity contribution in [3.05, 3.63) is 34.9 Å². The minimum Gasteiger partial charge on any atom is -0.393 e. The molecule has 1 aliphatic carbocycles. The minimum atomic E-state index is -0.137. The number of nitrogens with zero attached hydrogens (tertiary/aromatic N) is 1. The van der Waals surface area contributed by atoms with Gasteiger partial charge in [-0.15, -0.1) is 0 Å². The predicted octanol–water partition coefficient (Wildman–Crippen LogP) is 4.21. The lowest BCUT2D eigenvalue weighted by Crippen LogP contribution is -2.38. The minimum absolute atomic E-state index is 0.137. The smallest absolute Gasteiger partial charge is 0.0580 e. The van der Waals surface area contributed by atoms with E-state index in [4.69, 9.17) is 11.6 Å². The monoisotopic (exact) mass is 309 g/mol. The van der Waals surface area contributed by atoms with Gasteiger partial charge in [-0.05, 0) is 61.8 Å². The molecule has 1 aromatic rings. The second kappa shape index (κ2) is 7.62. The molecule has 0 spiro atoms. The summed E-state index contributed by atoms with van der Waals surface area (Å²) in [5.74, 6) is 1.88. The van der Waals surface area contributed by atoms with Crippen molar-refractivity contribution in [1.29, 1.82) is 0 Å².